The zero-order chi connectivity index (χ0) is 20.7. The maximum Gasteiger partial charge on any atom is 0.348 e. The fraction of sp³-hybridized carbons (Fsp3) is 0.0417. The summed E-state index contributed by atoms with van der Waals surface area (Å²) < 4.78 is 26.4. The van der Waals surface area contributed by atoms with Gasteiger partial charge in [0.15, 0.2) is 5.58 Å². The minimum absolute atomic E-state index is 0.0936. The highest BCUT2D eigenvalue weighted by molar-refractivity contribution is 6.34. The smallest absolute Gasteiger partial charge is 0.348 e. The maximum absolute atomic E-state index is 14.8. The molecule has 5 rings (SSSR count). The predicted octanol–water partition coefficient (Wildman–Crippen LogP) is 6.61. The van der Waals surface area contributed by atoms with Gasteiger partial charge in [-0.3, -0.25) is 0 Å². The quantitative estimate of drug-likeness (QED) is 0.333. The van der Waals surface area contributed by atoms with Crippen molar-refractivity contribution < 1.29 is 13.2 Å². The first kappa shape index (κ1) is 18.5. The van der Waals surface area contributed by atoms with Crippen molar-refractivity contribution in [2.24, 2.45) is 0 Å². The molecule has 2 aromatic heterocycles. The summed E-state index contributed by atoms with van der Waals surface area (Å²) in [7, 11) is 0. The number of nitrogens with one attached hydrogen (secondary N) is 1. The monoisotopic (exact) mass is 419 g/mol. The largest absolute Gasteiger partial charge is 0.439 e. The molecule has 0 saturated carbocycles. The first-order chi connectivity index (χ1) is 14.6. The van der Waals surface area contributed by atoms with Crippen LogP contribution in [-0.4, -0.2) is 0 Å². The van der Waals surface area contributed by atoms with Gasteiger partial charge in [-0.05, 0) is 29.8 Å². The van der Waals surface area contributed by atoms with Crippen molar-refractivity contribution in [3.8, 4) is 11.1 Å². The van der Waals surface area contributed by atoms with E-state index < -0.39 is 11.4 Å². The number of rotatable bonds is 4. The summed E-state index contributed by atoms with van der Waals surface area (Å²) in [4.78, 5) is 12.9. The summed E-state index contributed by atoms with van der Waals surface area (Å²) in [5.41, 5.74) is 1.45. The molecule has 30 heavy (non-hydrogen) atoms. The Morgan fingerprint density at radius 2 is 1.63 bits per heavy atom. The lowest BCUT2D eigenvalue weighted by Crippen LogP contribution is -2.03. The first-order valence-electron chi connectivity index (χ1n) is 9.34. The van der Waals surface area contributed by atoms with Crippen molar-refractivity contribution in [1.82, 2.24) is 0 Å². The van der Waals surface area contributed by atoms with Crippen molar-refractivity contribution in [3.63, 3.8) is 0 Å². The van der Waals surface area contributed by atoms with Gasteiger partial charge in [0.05, 0.1) is 16.0 Å². The molecule has 0 spiro atoms. The zero-order valence-corrected chi connectivity index (χ0v) is 16.4. The highest BCUT2D eigenvalue weighted by Crippen LogP contribution is 2.43. The van der Waals surface area contributed by atoms with Gasteiger partial charge in [-0.1, -0.05) is 60.1 Å². The van der Waals surface area contributed by atoms with Crippen molar-refractivity contribution in [2.75, 3.05) is 5.32 Å². The molecule has 0 aliphatic carbocycles. The molecule has 0 fully saturated rings. The molecule has 0 aliphatic heterocycles. The minimum Gasteiger partial charge on any atom is -0.439 e. The highest BCUT2D eigenvalue weighted by Gasteiger charge is 2.26. The molecule has 0 aliphatic rings. The number of halogens is 2. The van der Waals surface area contributed by atoms with E-state index in [9.17, 15) is 9.18 Å². The fourth-order valence-corrected chi connectivity index (χ4v) is 3.85. The second-order valence-electron chi connectivity index (χ2n) is 6.83. The van der Waals surface area contributed by atoms with Crippen LogP contribution in [0.4, 0.5) is 10.3 Å². The fourth-order valence-electron chi connectivity index (χ4n) is 3.59. The number of anilines is 1. The van der Waals surface area contributed by atoms with E-state index in [-0.39, 0.29) is 27.4 Å². The summed E-state index contributed by atoms with van der Waals surface area (Å²) in [5.74, 6) is -0.301. The maximum atomic E-state index is 14.8. The molecule has 6 heteroatoms. The van der Waals surface area contributed by atoms with E-state index in [0.29, 0.717) is 23.1 Å². The topological polar surface area (TPSA) is 55.4 Å². The summed E-state index contributed by atoms with van der Waals surface area (Å²) >= 11 is 6.34. The number of hydrogen-bond donors (Lipinski definition) is 1. The van der Waals surface area contributed by atoms with Gasteiger partial charge in [-0.2, -0.15) is 0 Å². The summed E-state index contributed by atoms with van der Waals surface area (Å²) in [6.45, 7) is 0.420. The Morgan fingerprint density at radius 1 is 0.867 bits per heavy atom. The van der Waals surface area contributed by atoms with E-state index in [2.05, 4.69) is 5.32 Å². The molecule has 4 nitrogen and oxygen atoms in total. The van der Waals surface area contributed by atoms with Gasteiger partial charge in [-0.15, -0.1) is 0 Å². The third-order valence-corrected chi connectivity index (χ3v) is 5.27. The summed E-state index contributed by atoms with van der Waals surface area (Å²) in [6.07, 6.45) is 0. The van der Waals surface area contributed by atoms with E-state index in [0.717, 1.165) is 5.56 Å². The third kappa shape index (κ3) is 3.04. The lowest BCUT2D eigenvalue weighted by Gasteiger charge is -2.09. The number of furan rings is 1. The number of benzene rings is 3. The Bertz CT molecular complexity index is 1420. The normalized spacial score (nSPS) is 11.3. The lowest BCUT2D eigenvalue weighted by molar-refractivity contribution is 0.565. The van der Waals surface area contributed by atoms with E-state index in [1.54, 1.807) is 24.3 Å². The zero-order valence-electron chi connectivity index (χ0n) is 15.6. The van der Waals surface area contributed by atoms with Crippen LogP contribution in [0.5, 0.6) is 0 Å². The Labute approximate surface area is 175 Å². The summed E-state index contributed by atoms with van der Waals surface area (Å²) in [5, 5.41) is 4.13. The molecule has 5 aromatic rings. The number of para-hydroxylation sites is 1. The van der Waals surface area contributed by atoms with E-state index >= 15 is 0 Å². The van der Waals surface area contributed by atoms with Crippen molar-refractivity contribution in [2.45, 2.75) is 6.54 Å². The molecule has 148 valence electrons. The second-order valence-corrected chi connectivity index (χ2v) is 7.24. The van der Waals surface area contributed by atoms with Gasteiger partial charge in [0, 0.05) is 12.1 Å². The third-order valence-electron chi connectivity index (χ3n) is 4.96. The molecule has 0 unspecified atom stereocenters. The first-order valence-corrected chi connectivity index (χ1v) is 9.72. The Kier molecular flexibility index (Phi) is 4.52. The number of fused-ring (bicyclic) bond motifs is 3. The molecular weight excluding hydrogens is 405 g/mol. The Balaban J connectivity index is 1.80. The van der Waals surface area contributed by atoms with Gasteiger partial charge >= 0.3 is 5.63 Å². The highest BCUT2D eigenvalue weighted by atomic mass is 35.5. The molecule has 2 heterocycles. The van der Waals surface area contributed by atoms with E-state index in [1.807, 2.05) is 36.4 Å². The molecular formula is C24H15ClFNO3. The molecule has 3 aromatic carbocycles. The molecule has 0 radical (unpaired) electrons. The Hall–Kier alpha value is -3.57. The van der Waals surface area contributed by atoms with Crippen LogP contribution in [0.2, 0.25) is 5.02 Å². The minimum atomic E-state index is -0.616. The lowest BCUT2D eigenvalue weighted by atomic mass is 10.0. The van der Waals surface area contributed by atoms with Gasteiger partial charge in [0.2, 0.25) is 5.88 Å². The van der Waals surface area contributed by atoms with Crippen LogP contribution in [0.15, 0.2) is 86.4 Å². The van der Waals surface area contributed by atoms with Crippen LogP contribution in [0.3, 0.4) is 0 Å². The van der Waals surface area contributed by atoms with E-state index in [4.69, 9.17) is 20.4 Å². The van der Waals surface area contributed by atoms with Crippen LogP contribution in [0, 0.1) is 5.82 Å². The molecule has 0 saturated heterocycles. The van der Waals surface area contributed by atoms with Crippen LogP contribution in [-0.2, 0) is 6.54 Å². The van der Waals surface area contributed by atoms with Crippen LogP contribution < -0.4 is 10.9 Å². The van der Waals surface area contributed by atoms with Gasteiger partial charge in [-0.25, -0.2) is 9.18 Å². The average molecular weight is 420 g/mol. The van der Waals surface area contributed by atoms with Gasteiger partial charge in [0.1, 0.15) is 16.8 Å². The predicted molar refractivity (Wildman–Crippen MR) is 116 cm³/mol. The van der Waals surface area contributed by atoms with Crippen LogP contribution >= 0.6 is 11.6 Å². The number of hydrogen-bond acceptors (Lipinski definition) is 4. The SMILES string of the molecule is O=c1oc2ccccc2c2oc(NCc3ccccc3)c(-c3c(F)cccc3Cl)c12. The molecule has 0 atom stereocenters. The van der Waals surface area contributed by atoms with Crippen molar-refractivity contribution in [1.29, 1.82) is 0 Å². The van der Waals surface area contributed by atoms with E-state index in [1.165, 1.54) is 12.1 Å². The summed E-state index contributed by atoms with van der Waals surface area (Å²) in [6, 6.07) is 21.1. The standard InChI is InChI=1S/C24H15ClFNO3/c25-16-10-6-11-17(26)19(16)20-21-22(15-9-4-5-12-18(15)29-24(21)28)30-23(20)27-13-14-7-2-1-3-8-14/h1-12,27H,13H2. The van der Waals surface area contributed by atoms with Crippen LogP contribution in [0.1, 0.15) is 5.56 Å². The van der Waals surface area contributed by atoms with Crippen LogP contribution in [0.25, 0.3) is 33.1 Å². The Morgan fingerprint density at radius 3 is 2.43 bits per heavy atom. The van der Waals surface area contributed by atoms with Crippen molar-refractivity contribution in [3.05, 3.63) is 99.6 Å². The molecule has 1 N–H and O–H groups in total. The molecule has 0 bridgehead atoms. The molecule has 0 amide bonds. The van der Waals surface area contributed by atoms with Crippen molar-refractivity contribution >= 4 is 39.4 Å². The van der Waals surface area contributed by atoms with Gasteiger partial charge < -0.3 is 14.2 Å². The average Bonchev–Trinajstić information content (AvgIpc) is 3.13. The second kappa shape index (κ2) is 7.35. The van der Waals surface area contributed by atoms with Gasteiger partial charge in [0.25, 0.3) is 0 Å².